The van der Waals surface area contributed by atoms with Crippen molar-refractivity contribution in [2.45, 2.75) is 76.0 Å². The van der Waals surface area contributed by atoms with Crippen LogP contribution < -0.4 is 5.32 Å². The number of hydrogen-bond donors (Lipinski definition) is 2. The Labute approximate surface area is 253 Å². The zero-order valence-electron chi connectivity index (χ0n) is 25.1. The molecule has 0 bridgehead atoms. The smallest absolute Gasteiger partial charge is 0.308 e. The van der Waals surface area contributed by atoms with Crippen LogP contribution in [0.3, 0.4) is 0 Å². The number of benzene rings is 1. The Hall–Kier alpha value is -3.56. The topological polar surface area (TPSA) is 132 Å². The molecule has 11 nitrogen and oxygen atoms in total. The Morgan fingerprint density at radius 2 is 1.93 bits per heavy atom. The van der Waals surface area contributed by atoms with Gasteiger partial charge in [-0.05, 0) is 37.1 Å². The summed E-state index contributed by atoms with van der Waals surface area (Å²) in [6.45, 7) is 6.74. The Kier molecular flexibility index (Phi) is 9.27. The van der Waals surface area contributed by atoms with E-state index in [2.05, 4.69) is 40.0 Å². The molecule has 2 aliphatic rings. The third kappa shape index (κ3) is 6.73. The van der Waals surface area contributed by atoms with Gasteiger partial charge < -0.3 is 24.8 Å². The van der Waals surface area contributed by atoms with Crippen molar-refractivity contribution >= 4 is 36.8 Å². The van der Waals surface area contributed by atoms with Crippen LogP contribution >= 0.6 is 0 Å². The second-order valence-electron chi connectivity index (χ2n) is 12.6. The highest BCUT2D eigenvalue weighted by Crippen LogP contribution is 2.38. The van der Waals surface area contributed by atoms with Gasteiger partial charge in [-0.25, -0.2) is 27.8 Å². The molecule has 1 saturated heterocycles. The van der Waals surface area contributed by atoms with Crippen LogP contribution in [-0.4, -0.2) is 88.3 Å². The van der Waals surface area contributed by atoms with Gasteiger partial charge in [-0.2, -0.15) is 5.10 Å². The van der Waals surface area contributed by atoms with Gasteiger partial charge in [0.2, 0.25) is 0 Å². The average molecular weight is 635 g/mol. The van der Waals surface area contributed by atoms with Gasteiger partial charge >= 0.3 is 5.97 Å². The number of esters is 1. The van der Waals surface area contributed by atoms with E-state index in [4.69, 9.17) is 9.47 Å². The molecule has 3 aromatic rings. The predicted octanol–water partition coefficient (Wildman–Crippen LogP) is 4.07. The number of carbonyl (C=O) groups is 2. The predicted molar refractivity (Wildman–Crippen MR) is 157 cm³/mol. The van der Waals surface area contributed by atoms with Crippen molar-refractivity contribution in [2.75, 3.05) is 25.6 Å². The van der Waals surface area contributed by atoms with Crippen molar-refractivity contribution in [3.8, 4) is 0 Å². The highest BCUT2D eigenvalue weighted by molar-refractivity contribution is 6.76. The fourth-order valence-corrected chi connectivity index (χ4v) is 6.56. The molecule has 5 atom stereocenters. The fourth-order valence-electron chi connectivity index (χ4n) is 5.80. The Balaban J connectivity index is 1.52. The summed E-state index contributed by atoms with van der Waals surface area (Å²) in [7, 11) is -0.106. The van der Waals surface area contributed by atoms with Gasteiger partial charge in [-0.3, -0.25) is 9.59 Å². The highest BCUT2D eigenvalue weighted by Gasteiger charge is 2.41. The summed E-state index contributed by atoms with van der Waals surface area (Å²) in [4.78, 5) is 36.1. The zero-order chi connectivity index (χ0) is 31.8. The molecule has 2 N–H and O–H groups in total. The molecule has 238 valence electrons. The molecule has 0 unspecified atom stereocenters. The van der Waals surface area contributed by atoms with Gasteiger partial charge in [0.15, 0.2) is 11.3 Å². The van der Waals surface area contributed by atoms with Crippen LogP contribution in [0.15, 0.2) is 24.5 Å². The number of rotatable bonds is 10. The third-order valence-electron chi connectivity index (χ3n) is 8.16. The van der Waals surface area contributed by atoms with E-state index in [1.165, 1.54) is 18.1 Å². The SMILES string of the molecule is COC(=O)[C@H]1C[C@@H](O)[C@H](Nc2ncnc3c2c(C(=O)N2C[C@@H](F)C[C@@H]2c2cc(F)ccc2F)nn3COCC[Si](C)(C)C)C1. The number of anilines is 1. The number of amides is 1. The average Bonchev–Trinajstić information content (AvgIpc) is 3.66. The lowest BCUT2D eigenvalue weighted by Gasteiger charge is -2.24. The quantitative estimate of drug-likeness (QED) is 0.193. The molecule has 15 heteroatoms. The number of nitrogens with zero attached hydrogens (tertiary/aromatic N) is 5. The molecule has 5 rings (SSSR count). The van der Waals surface area contributed by atoms with Crippen LogP contribution in [0.5, 0.6) is 0 Å². The van der Waals surface area contributed by atoms with Gasteiger partial charge in [0, 0.05) is 26.7 Å². The highest BCUT2D eigenvalue weighted by atomic mass is 28.3. The molecule has 1 amide bonds. The molecular formula is C29H37F3N6O5Si. The van der Waals surface area contributed by atoms with Crippen LogP contribution in [0.2, 0.25) is 25.7 Å². The Bertz CT molecular complexity index is 1540. The van der Waals surface area contributed by atoms with Crippen LogP contribution in [0.25, 0.3) is 11.0 Å². The number of fused-ring (bicyclic) bond motifs is 1. The van der Waals surface area contributed by atoms with E-state index in [1.807, 2.05) is 0 Å². The van der Waals surface area contributed by atoms with Crippen molar-refractivity contribution in [1.82, 2.24) is 24.6 Å². The molecule has 3 heterocycles. The lowest BCUT2D eigenvalue weighted by atomic mass is 10.0. The minimum Gasteiger partial charge on any atom is -0.469 e. The number of carbonyl (C=O) groups excluding carboxylic acids is 2. The maximum Gasteiger partial charge on any atom is 0.308 e. The second kappa shape index (κ2) is 12.8. The standard InChI is InChI=1S/C29H37F3N6O5Si/c1-42-29(41)16-9-21(23(39)10-16)35-26-24-25(36-38(27(24)34-14-33-26)15-43-7-8-44(2,3)4)28(40)37-13-18(31)12-22(37)19-11-17(30)5-6-20(19)32/h5-6,11,14,16,18,21-23,39H,7-10,12-13,15H2,1-4H3,(H,33,34,35)/t16-,18+,21-,22-,23-/m1/s1. The molecule has 1 aromatic carbocycles. The van der Waals surface area contributed by atoms with Crippen molar-refractivity contribution < 1.29 is 37.3 Å². The Morgan fingerprint density at radius 3 is 2.66 bits per heavy atom. The Morgan fingerprint density at radius 1 is 1.16 bits per heavy atom. The summed E-state index contributed by atoms with van der Waals surface area (Å²) >= 11 is 0. The number of nitrogens with one attached hydrogen (secondary N) is 1. The number of likely N-dealkylation sites (tertiary alicyclic amines) is 1. The summed E-state index contributed by atoms with van der Waals surface area (Å²) in [5, 5.41) is 18.6. The van der Waals surface area contributed by atoms with E-state index in [0.717, 1.165) is 29.1 Å². The van der Waals surface area contributed by atoms with Crippen LogP contribution in [0, 0.1) is 17.6 Å². The van der Waals surface area contributed by atoms with E-state index in [9.17, 15) is 27.9 Å². The molecule has 44 heavy (non-hydrogen) atoms. The normalized spacial score (nSPS) is 23.8. The largest absolute Gasteiger partial charge is 0.469 e. The number of aromatic nitrogens is 4. The minimum atomic E-state index is -1.47. The van der Waals surface area contributed by atoms with E-state index < -0.39 is 61.9 Å². The molecule has 2 aromatic heterocycles. The van der Waals surface area contributed by atoms with Gasteiger partial charge in [-0.15, -0.1) is 0 Å². The van der Waals surface area contributed by atoms with Gasteiger partial charge in [0.05, 0.1) is 43.1 Å². The number of halogens is 3. The first kappa shape index (κ1) is 31.8. The molecule has 0 radical (unpaired) electrons. The molecule has 0 spiro atoms. The number of methoxy groups -OCH3 is 1. The number of hydrogen-bond acceptors (Lipinski definition) is 9. The zero-order valence-corrected chi connectivity index (χ0v) is 26.1. The summed E-state index contributed by atoms with van der Waals surface area (Å²) in [6, 6.07) is 2.10. The number of alkyl halides is 1. The molecule has 1 aliphatic carbocycles. The van der Waals surface area contributed by atoms with Crippen molar-refractivity contribution in [3.63, 3.8) is 0 Å². The monoisotopic (exact) mass is 634 g/mol. The summed E-state index contributed by atoms with van der Waals surface area (Å²) in [5.74, 6) is -2.98. The maximum absolute atomic E-state index is 14.8. The van der Waals surface area contributed by atoms with Gasteiger partial charge in [-0.1, -0.05) is 19.6 Å². The van der Waals surface area contributed by atoms with Crippen molar-refractivity contribution in [1.29, 1.82) is 0 Å². The van der Waals surface area contributed by atoms with Gasteiger partial charge in [0.1, 0.15) is 36.7 Å². The van der Waals surface area contributed by atoms with Crippen molar-refractivity contribution in [3.05, 3.63) is 47.4 Å². The number of aliphatic hydroxyl groups is 1. The van der Waals surface area contributed by atoms with E-state index >= 15 is 0 Å². The first-order chi connectivity index (χ1) is 20.9. The number of ether oxygens (including phenoxy) is 2. The van der Waals surface area contributed by atoms with E-state index in [-0.39, 0.29) is 60.6 Å². The summed E-state index contributed by atoms with van der Waals surface area (Å²) < 4.78 is 55.8. The van der Waals surface area contributed by atoms with Crippen LogP contribution in [0.4, 0.5) is 19.0 Å². The van der Waals surface area contributed by atoms with Crippen LogP contribution in [0.1, 0.15) is 41.4 Å². The van der Waals surface area contributed by atoms with Crippen LogP contribution in [-0.2, 0) is 21.0 Å². The first-order valence-corrected chi connectivity index (χ1v) is 18.3. The van der Waals surface area contributed by atoms with E-state index in [1.54, 1.807) is 0 Å². The maximum atomic E-state index is 14.8. The molecule has 1 aliphatic heterocycles. The van der Waals surface area contributed by atoms with E-state index in [0.29, 0.717) is 6.61 Å². The number of aliphatic hydroxyl groups excluding tert-OH is 1. The lowest BCUT2D eigenvalue weighted by Crippen LogP contribution is -2.33. The second-order valence-corrected chi connectivity index (χ2v) is 18.2. The van der Waals surface area contributed by atoms with Crippen molar-refractivity contribution in [2.24, 2.45) is 5.92 Å². The summed E-state index contributed by atoms with van der Waals surface area (Å²) in [5.41, 5.74) is -0.0143. The minimum absolute atomic E-state index is 0.0329. The molecular weight excluding hydrogens is 597 g/mol. The van der Waals surface area contributed by atoms with Gasteiger partial charge in [0.25, 0.3) is 5.91 Å². The molecule has 2 fully saturated rings. The molecule has 1 saturated carbocycles. The third-order valence-corrected chi connectivity index (χ3v) is 9.86. The lowest BCUT2D eigenvalue weighted by molar-refractivity contribution is -0.145. The summed E-state index contributed by atoms with van der Waals surface area (Å²) in [6.07, 6.45) is -0.878. The first-order valence-electron chi connectivity index (χ1n) is 14.6. The fraction of sp³-hybridized carbons (Fsp3) is 0.552.